The molecule has 18 heavy (non-hydrogen) atoms. The van der Waals surface area contributed by atoms with E-state index in [1.165, 1.54) is 0 Å². The molecule has 1 aliphatic heterocycles. The second-order valence-corrected chi connectivity index (χ2v) is 4.49. The number of carbonyl (C=O) groups is 1. The number of methoxy groups -OCH3 is 1. The van der Waals surface area contributed by atoms with E-state index >= 15 is 0 Å². The highest BCUT2D eigenvalue weighted by atomic mass is 16.5. The number of piperidine rings is 1. The van der Waals surface area contributed by atoms with Crippen molar-refractivity contribution in [2.75, 3.05) is 25.5 Å². The van der Waals surface area contributed by atoms with Crippen molar-refractivity contribution in [3.8, 4) is 5.75 Å². The Morgan fingerprint density at radius 3 is 2.78 bits per heavy atom. The molecule has 98 valence electrons. The Bertz CT molecular complexity index is 428. The number of anilines is 1. The zero-order valence-corrected chi connectivity index (χ0v) is 10.4. The summed E-state index contributed by atoms with van der Waals surface area (Å²) in [4.78, 5) is 11.5. The lowest BCUT2D eigenvalue weighted by Gasteiger charge is -2.35. The Morgan fingerprint density at radius 1 is 1.44 bits per heavy atom. The molecule has 0 radical (unpaired) electrons. The zero-order valence-electron chi connectivity index (χ0n) is 10.4. The van der Waals surface area contributed by atoms with Gasteiger partial charge in [-0.2, -0.15) is 0 Å². The molecule has 1 fully saturated rings. The largest absolute Gasteiger partial charge is 0.497 e. The summed E-state index contributed by atoms with van der Waals surface area (Å²) in [6.45, 7) is 1.42. The third-order valence-electron chi connectivity index (χ3n) is 3.32. The van der Waals surface area contributed by atoms with Crippen LogP contribution in [0.2, 0.25) is 0 Å². The predicted molar refractivity (Wildman–Crippen MR) is 69.1 cm³/mol. The van der Waals surface area contributed by atoms with E-state index in [1.54, 1.807) is 7.11 Å². The number of carboxylic acid groups (broad SMARTS) is 1. The van der Waals surface area contributed by atoms with E-state index in [4.69, 9.17) is 4.74 Å². The summed E-state index contributed by atoms with van der Waals surface area (Å²) in [5.41, 5.74) is -0.101. The molecular weight excluding hydrogens is 232 g/mol. The van der Waals surface area contributed by atoms with Gasteiger partial charge in [0.05, 0.1) is 7.11 Å². The fourth-order valence-corrected chi connectivity index (χ4v) is 2.22. The van der Waals surface area contributed by atoms with Crippen molar-refractivity contribution in [1.29, 1.82) is 0 Å². The smallest absolute Gasteiger partial charge is 0.329 e. The van der Waals surface area contributed by atoms with Gasteiger partial charge >= 0.3 is 5.97 Å². The molecule has 0 spiro atoms. The lowest BCUT2D eigenvalue weighted by Crippen LogP contribution is -2.53. The van der Waals surface area contributed by atoms with E-state index in [-0.39, 0.29) is 0 Å². The molecule has 1 aromatic rings. The molecule has 1 aliphatic rings. The van der Waals surface area contributed by atoms with Gasteiger partial charge in [0.15, 0.2) is 0 Å². The van der Waals surface area contributed by atoms with Crippen LogP contribution in [0.5, 0.6) is 5.75 Å². The molecule has 0 saturated carbocycles. The fraction of sp³-hybridized carbons (Fsp3) is 0.462. The van der Waals surface area contributed by atoms with Gasteiger partial charge in [-0.05, 0) is 38.1 Å². The van der Waals surface area contributed by atoms with Crippen molar-refractivity contribution in [1.82, 2.24) is 5.32 Å². The van der Waals surface area contributed by atoms with Gasteiger partial charge in [0.2, 0.25) is 0 Å². The van der Waals surface area contributed by atoms with E-state index < -0.39 is 11.5 Å². The van der Waals surface area contributed by atoms with Crippen LogP contribution in [0, 0.1) is 0 Å². The molecule has 3 N–H and O–H groups in total. The van der Waals surface area contributed by atoms with E-state index in [0.717, 1.165) is 11.4 Å². The number of benzene rings is 1. The summed E-state index contributed by atoms with van der Waals surface area (Å²) in [5.74, 6) is -0.0821. The van der Waals surface area contributed by atoms with Gasteiger partial charge in [0.1, 0.15) is 11.3 Å². The first kappa shape index (κ1) is 12.7. The van der Waals surface area contributed by atoms with Crippen LogP contribution >= 0.6 is 0 Å². The molecule has 0 aliphatic carbocycles. The molecule has 5 heteroatoms. The Balaban J connectivity index is 2.20. The summed E-state index contributed by atoms with van der Waals surface area (Å²) >= 11 is 0. The first-order valence-corrected chi connectivity index (χ1v) is 6.03. The van der Waals surface area contributed by atoms with Crippen molar-refractivity contribution in [3.05, 3.63) is 24.3 Å². The maximum absolute atomic E-state index is 11.5. The molecule has 5 nitrogen and oxygen atoms in total. The summed E-state index contributed by atoms with van der Waals surface area (Å²) in [7, 11) is 1.59. The Morgan fingerprint density at radius 2 is 2.17 bits per heavy atom. The normalized spacial score (nSPS) is 18.1. The van der Waals surface area contributed by atoms with Gasteiger partial charge in [-0.3, -0.25) is 0 Å². The topological polar surface area (TPSA) is 70.6 Å². The SMILES string of the molecule is COc1cccc(NC2(C(=O)O)CCNCC2)c1. The minimum absolute atomic E-state index is 0.569. The van der Waals surface area contributed by atoms with Crippen LogP contribution in [-0.4, -0.2) is 36.8 Å². The van der Waals surface area contributed by atoms with Crippen LogP contribution in [0.15, 0.2) is 24.3 Å². The lowest BCUT2D eigenvalue weighted by molar-refractivity contribution is -0.143. The Kier molecular flexibility index (Phi) is 3.72. The molecule has 2 rings (SSSR count). The monoisotopic (exact) mass is 250 g/mol. The van der Waals surface area contributed by atoms with Gasteiger partial charge in [-0.15, -0.1) is 0 Å². The highest BCUT2D eigenvalue weighted by Crippen LogP contribution is 2.26. The number of rotatable bonds is 4. The fourth-order valence-electron chi connectivity index (χ4n) is 2.22. The molecular formula is C13H18N2O3. The van der Waals surface area contributed by atoms with Crippen molar-refractivity contribution < 1.29 is 14.6 Å². The third-order valence-corrected chi connectivity index (χ3v) is 3.32. The number of ether oxygens (including phenoxy) is 1. The average Bonchev–Trinajstić information content (AvgIpc) is 2.40. The minimum atomic E-state index is -0.877. The lowest BCUT2D eigenvalue weighted by atomic mass is 9.88. The quantitative estimate of drug-likeness (QED) is 0.751. The number of aliphatic carboxylic acids is 1. The number of nitrogens with one attached hydrogen (secondary N) is 2. The van der Waals surface area contributed by atoms with Crippen LogP contribution in [0.4, 0.5) is 5.69 Å². The van der Waals surface area contributed by atoms with E-state index in [0.29, 0.717) is 25.9 Å². The van der Waals surface area contributed by atoms with E-state index in [1.807, 2.05) is 24.3 Å². The highest BCUT2D eigenvalue weighted by Gasteiger charge is 2.39. The van der Waals surface area contributed by atoms with Crippen LogP contribution in [0.1, 0.15) is 12.8 Å². The average molecular weight is 250 g/mol. The van der Waals surface area contributed by atoms with Crippen molar-refractivity contribution in [2.24, 2.45) is 0 Å². The zero-order chi connectivity index (χ0) is 13.0. The second kappa shape index (κ2) is 5.27. The first-order chi connectivity index (χ1) is 8.66. The van der Waals surface area contributed by atoms with E-state index in [9.17, 15) is 9.90 Å². The number of carboxylic acids is 1. The Labute approximate surface area is 106 Å². The number of hydrogen-bond acceptors (Lipinski definition) is 4. The molecule has 0 bridgehead atoms. The minimum Gasteiger partial charge on any atom is -0.497 e. The van der Waals surface area contributed by atoms with Gasteiger partial charge < -0.3 is 20.5 Å². The summed E-state index contributed by atoms with van der Waals surface area (Å²) < 4.78 is 5.14. The van der Waals surface area contributed by atoms with Gasteiger partial charge in [-0.1, -0.05) is 6.07 Å². The molecule has 0 aromatic heterocycles. The van der Waals surface area contributed by atoms with Crippen LogP contribution in [0.25, 0.3) is 0 Å². The Hall–Kier alpha value is -1.75. The molecule has 1 aromatic carbocycles. The van der Waals surface area contributed by atoms with Gasteiger partial charge in [0, 0.05) is 11.8 Å². The maximum Gasteiger partial charge on any atom is 0.329 e. The van der Waals surface area contributed by atoms with E-state index in [2.05, 4.69) is 10.6 Å². The van der Waals surface area contributed by atoms with Crippen molar-refractivity contribution in [3.63, 3.8) is 0 Å². The van der Waals surface area contributed by atoms with Crippen molar-refractivity contribution in [2.45, 2.75) is 18.4 Å². The number of hydrogen-bond donors (Lipinski definition) is 3. The molecule has 0 atom stereocenters. The maximum atomic E-state index is 11.5. The standard InChI is InChI=1S/C13H18N2O3/c1-18-11-4-2-3-10(9-11)15-13(12(16)17)5-7-14-8-6-13/h2-4,9,14-15H,5-8H2,1H3,(H,16,17). The summed E-state index contributed by atoms with van der Waals surface area (Å²) in [6, 6.07) is 7.35. The summed E-state index contributed by atoms with van der Waals surface area (Å²) in [5, 5.41) is 15.8. The van der Waals surface area contributed by atoms with Crippen LogP contribution in [0.3, 0.4) is 0 Å². The first-order valence-electron chi connectivity index (χ1n) is 6.03. The van der Waals surface area contributed by atoms with Crippen LogP contribution in [-0.2, 0) is 4.79 Å². The molecule has 1 saturated heterocycles. The third kappa shape index (κ3) is 2.56. The second-order valence-electron chi connectivity index (χ2n) is 4.49. The van der Waals surface area contributed by atoms with Gasteiger partial charge in [-0.25, -0.2) is 4.79 Å². The van der Waals surface area contributed by atoms with Crippen molar-refractivity contribution >= 4 is 11.7 Å². The molecule has 0 amide bonds. The van der Waals surface area contributed by atoms with Gasteiger partial charge in [0.25, 0.3) is 0 Å². The highest BCUT2D eigenvalue weighted by molar-refractivity contribution is 5.83. The predicted octanol–water partition coefficient (Wildman–Crippen LogP) is 1.31. The molecule has 1 heterocycles. The molecule has 0 unspecified atom stereocenters. The van der Waals surface area contributed by atoms with Crippen LogP contribution < -0.4 is 15.4 Å². The summed E-state index contributed by atoms with van der Waals surface area (Å²) in [6.07, 6.45) is 1.14.